The number of nitrogens with zero attached hydrogens (tertiary/aromatic N) is 2. The summed E-state index contributed by atoms with van der Waals surface area (Å²) in [6.45, 7) is 2.53. The van der Waals surface area contributed by atoms with Crippen LogP contribution in [0.1, 0.15) is 12.0 Å². The Morgan fingerprint density at radius 2 is 2.05 bits per heavy atom. The van der Waals surface area contributed by atoms with E-state index < -0.39 is 17.7 Å². The summed E-state index contributed by atoms with van der Waals surface area (Å²) in [5.74, 6) is -1.24. The molecule has 118 valence electrons. The van der Waals surface area contributed by atoms with Gasteiger partial charge in [0, 0.05) is 24.6 Å². The zero-order chi connectivity index (χ0) is 15.6. The Hall–Kier alpha value is -0.560. The molecule has 1 saturated heterocycles. The summed E-state index contributed by atoms with van der Waals surface area (Å²) < 4.78 is 28.1. The smallest absolute Gasteiger partial charge is 0.143 e. The van der Waals surface area contributed by atoms with Gasteiger partial charge in [0.2, 0.25) is 0 Å². The van der Waals surface area contributed by atoms with Crippen molar-refractivity contribution in [3.8, 4) is 0 Å². The third kappa shape index (κ3) is 4.00. The van der Waals surface area contributed by atoms with Gasteiger partial charge < -0.3 is 10.0 Å². The molecule has 1 aromatic rings. The first kappa shape index (κ1) is 16.8. The fourth-order valence-corrected chi connectivity index (χ4v) is 3.19. The summed E-state index contributed by atoms with van der Waals surface area (Å²) >= 11 is 3.06. The van der Waals surface area contributed by atoms with Crippen LogP contribution in [-0.4, -0.2) is 60.8 Å². The van der Waals surface area contributed by atoms with Crippen molar-refractivity contribution in [2.75, 3.05) is 33.7 Å². The van der Waals surface area contributed by atoms with Crippen LogP contribution in [0.2, 0.25) is 0 Å². The maximum Gasteiger partial charge on any atom is 0.143 e. The molecule has 1 fully saturated rings. The van der Waals surface area contributed by atoms with Crippen molar-refractivity contribution in [1.29, 1.82) is 0 Å². The van der Waals surface area contributed by atoms with Crippen molar-refractivity contribution in [2.24, 2.45) is 0 Å². The van der Waals surface area contributed by atoms with E-state index in [1.165, 1.54) is 12.1 Å². The first-order valence-electron chi connectivity index (χ1n) is 7.09. The van der Waals surface area contributed by atoms with Gasteiger partial charge >= 0.3 is 0 Å². The van der Waals surface area contributed by atoms with Gasteiger partial charge in [-0.1, -0.05) is 0 Å². The molecular weight excluding hydrogens is 342 g/mol. The van der Waals surface area contributed by atoms with Crippen LogP contribution in [0.4, 0.5) is 8.78 Å². The lowest BCUT2D eigenvalue weighted by Crippen LogP contribution is -2.47. The van der Waals surface area contributed by atoms with Gasteiger partial charge in [0.05, 0.1) is 10.6 Å². The molecule has 1 aliphatic heterocycles. The van der Waals surface area contributed by atoms with Crippen LogP contribution in [0, 0.1) is 11.6 Å². The second-order valence-electron chi connectivity index (χ2n) is 5.76. The van der Waals surface area contributed by atoms with Crippen LogP contribution in [0.5, 0.6) is 0 Å². The normalized spacial score (nSPS) is 23.0. The Morgan fingerprint density at radius 3 is 2.76 bits per heavy atom. The minimum absolute atomic E-state index is 0.0278. The highest BCUT2D eigenvalue weighted by molar-refractivity contribution is 9.10. The number of likely N-dealkylation sites (N-methyl/N-ethyl adjacent to an activating group) is 2. The zero-order valence-corrected chi connectivity index (χ0v) is 13.9. The molecule has 0 bridgehead atoms. The first-order valence-corrected chi connectivity index (χ1v) is 7.88. The topological polar surface area (TPSA) is 26.7 Å². The van der Waals surface area contributed by atoms with Gasteiger partial charge in [-0.3, -0.25) is 4.90 Å². The van der Waals surface area contributed by atoms with Crippen LogP contribution in [-0.2, 0) is 6.42 Å². The van der Waals surface area contributed by atoms with Crippen molar-refractivity contribution >= 4 is 15.9 Å². The molecule has 1 aromatic carbocycles. The monoisotopic (exact) mass is 362 g/mol. The second kappa shape index (κ2) is 7.13. The fourth-order valence-electron chi connectivity index (χ4n) is 2.82. The van der Waals surface area contributed by atoms with Crippen molar-refractivity contribution in [3.63, 3.8) is 0 Å². The molecule has 21 heavy (non-hydrogen) atoms. The lowest BCUT2D eigenvalue weighted by Gasteiger charge is -2.31. The molecule has 0 aromatic heterocycles. The predicted octanol–water partition coefficient (Wildman–Crippen LogP) is 2.27. The van der Waals surface area contributed by atoms with Gasteiger partial charge in [-0.2, -0.15) is 0 Å². The third-order valence-electron chi connectivity index (χ3n) is 4.11. The molecule has 0 radical (unpaired) electrons. The van der Waals surface area contributed by atoms with E-state index in [4.69, 9.17) is 0 Å². The Kier molecular flexibility index (Phi) is 5.71. The fraction of sp³-hybridized carbons (Fsp3) is 0.600. The number of hydrogen-bond acceptors (Lipinski definition) is 3. The van der Waals surface area contributed by atoms with E-state index in [0.29, 0.717) is 6.54 Å². The molecule has 0 saturated carbocycles. The highest BCUT2D eigenvalue weighted by atomic mass is 79.9. The molecule has 0 amide bonds. The Balaban J connectivity index is 2.17. The van der Waals surface area contributed by atoms with Gasteiger partial charge in [0.1, 0.15) is 11.6 Å². The predicted molar refractivity (Wildman–Crippen MR) is 82.3 cm³/mol. The highest BCUT2D eigenvalue weighted by Crippen LogP contribution is 2.24. The standard InChI is InChI=1S/C15H21BrF2N2O/c1-19-6-3-7-20(2)13(9-19)14(21)8-10-12(17)5-4-11(16)15(10)18/h4-5,13-14,21H,3,6-9H2,1-2H3. The van der Waals surface area contributed by atoms with Crippen molar-refractivity contribution < 1.29 is 13.9 Å². The Morgan fingerprint density at radius 1 is 1.33 bits per heavy atom. The van der Waals surface area contributed by atoms with E-state index in [2.05, 4.69) is 25.7 Å². The summed E-state index contributed by atoms with van der Waals surface area (Å²) in [6.07, 6.45) is 0.185. The van der Waals surface area contributed by atoms with Crippen LogP contribution >= 0.6 is 15.9 Å². The van der Waals surface area contributed by atoms with Crippen LogP contribution in [0.25, 0.3) is 0 Å². The number of aliphatic hydroxyl groups excluding tert-OH is 1. The minimum Gasteiger partial charge on any atom is -0.391 e. The largest absolute Gasteiger partial charge is 0.391 e. The van der Waals surface area contributed by atoms with E-state index in [-0.39, 0.29) is 22.5 Å². The van der Waals surface area contributed by atoms with Crippen LogP contribution < -0.4 is 0 Å². The Bertz CT molecular complexity index is 501. The van der Waals surface area contributed by atoms with Crippen molar-refractivity contribution in [2.45, 2.75) is 25.0 Å². The van der Waals surface area contributed by atoms with Gasteiger partial charge in [-0.05, 0) is 61.7 Å². The first-order chi connectivity index (χ1) is 9.90. The lowest BCUT2D eigenvalue weighted by molar-refractivity contribution is 0.0569. The van der Waals surface area contributed by atoms with Crippen LogP contribution in [0.3, 0.4) is 0 Å². The minimum atomic E-state index is -0.811. The molecule has 2 atom stereocenters. The summed E-state index contributed by atoms with van der Waals surface area (Å²) in [7, 11) is 3.94. The van der Waals surface area contributed by atoms with Gasteiger partial charge in [0.25, 0.3) is 0 Å². The van der Waals surface area contributed by atoms with Gasteiger partial charge in [0.15, 0.2) is 0 Å². The van der Waals surface area contributed by atoms with E-state index in [1.807, 2.05) is 14.1 Å². The summed E-state index contributed by atoms with van der Waals surface area (Å²) in [6, 6.07) is 2.43. The molecule has 2 rings (SSSR count). The maximum absolute atomic E-state index is 14.0. The number of rotatable bonds is 3. The number of benzene rings is 1. The lowest BCUT2D eigenvalue weighted by atomic mass is 10.00. The number of halogens is 3. The SMILES string of the molecule is CN1CCCN(C)C(C(O)Cc2c(F)ccc(Br)c2F)C1. The van der Waals surface area contributed by atoms with E-state index >= 15 is 0 Å². The zero-order valence-electron chi connectivity index (χ0n) is 12.3. The molecule has 0 spiro atoms. The van der Waals surface area contributed by atoms with E-state index in [0.717, 1.165) is 19.5 Å². The average Bonchev–Trinajstić information content (AvgIpc) is 2.60. The quantitative estimate of drug-likeness (QED) is 0.835. The third-order valence-corrected chi connectivity index (χ3v) is 4.72. The number of aliphatic hydroxyl groups is 1. The molecule has 6 heteroatoms. The molecule has 1 aliphatic rings. The summed E-state index contributed by atoms with van der Waals surface area (Å²) in [5, 5.41) is 10.5. The Labute approximate surface area is 132 Å². The van der Waals surface area contributed by atoms with E-state index in [1.54, 1.807) is 0 Å². The second-order valence-corrected chi connectivity index (χ2v) is 6.61. The van der Waals surface area contributed by atoms with Gasteiger partial charge in [-0.25, -0.2) is 8.78 Å². The molecule has 1 N–H and O–H groups in total. The molecule has 2 unspecified atom stereocenters. The summed E-state index contributed by atoms with van der Waals surface area (Å²) in [5.41, 5.74) is -0.0582. The molecular formula is C15H21BrF2N2O. The molecule has 0 aliphatic carbocycles. The van der Waals surface area contributed by atoms with Gasteiger partial charge in [-0.15, -0.1) is 0 Å². The highest BCUT2D eigenvalue weighted by Gasteiger charge is 2.29. The van der Waals surface area contributed by atoms with E-state index in [9.17, 15) is 13.9 Å². The average molecular weight is 363 g/mol. The van der Waals surface area contributed by atoms with Crippen molar-refractivity contribution in [3.05, 3.63) is 33.8 Å². The summed E-state index contributed by atoms with van der Waals surface area (Å²) in [4.78, 5) is 4.22. The molecule has 1 heterocycles. The maximum atomic E-state index is 14.0. The van der Waals surface area contributed by atoms with Crippen LogP contribution in [0.15, 0.2) is 16.6 Å². The molecule has 3 nitrogen and oxygen atoms in total. The number of hydrogen-bond donors (Lipinski definition) is 1. The van der Waals surface area contributed by atoms with Crippen molar-refractivity contribution in [1.82, 2.24) is 9.80 Å².